The SMILES string of the molecule is CCCCC[C@@H]1CCC/C=C/CCCCC(=O)O[C@H]2[C@H](OC[C@H]3O[C@@H]4O[C@@](CCl)(O[C@@H]5[C@@H](O)[C@H](O[C@H]6[C@H](O1)O[C@H](COCc1ccccc1)[C@@H](OCc1ccccc1)[C@@H]6OCc1ccccc1)O[C@@H]1CO[C@@H](c6ccccc6)O[C@@H]51)O[C@@H]4[C@@H](OC(=O)[C@@H](C)CC)[C@H]3OC(=O)[C@@H](C)CC)O[C@H](COCc1ccccc1)[C@@H](OCc1ccccc1)[C@@H]2OCc1ccccc1. The van der Waals surface area contributed by atoms with Crippen LogP contribution in [0.4, 0.5) is 0 Å². The predicted molar refractivity (Wildman–Crippen MR) is 467 cm³/mol. The Kier molecular flexibility index (Phi) is 36.7. The van der Waals surface area contributed by atoms with E-state index in [1.807, 2.05) is 226 Å². The van der Waals surface area contributed by atoms with Gasteiger partial charge < -0.3 is 99.8 Å². The van der Waals surface area contributed by atoms with E-state index >= 15 is 0 Å². The summed E-state index contributed by atoms with van der Waals surface area (Å²) in [5.74, 6) is -6.37. The molecule has 7 aromatic carbocycles. The lowest BCUT2D eigenvalue weighted by Crippen LogP contribution is -2.68. The second-order valence-corrected chi connectivity index (χ2v) is 34.0. The van der Waals surface area contributed by atoms with Crippen molar-refractivity contribution >= 4 is 29.5 Å². The molecule has 686 valence electrons. The van der Waals surface area contributed by atoms with E-state index in [1.165, 1.54) is 0 Å². The number of esters is 3. The number of carbonyl (C=O) groups is 3. The second-order valence-electron chi connectivity index (χ2n) is 33.7. The highest BCUT2D eigenvalue weighted by Crippen LogP contribution is 2.47. The van der Waals surface area contributed by atoms with Gasteiger partial charge in [0, 0.05) is 12.0 Å². The van der Waals surface area contributed by atoms with Gasteiger partial charge in [-0.3, -0.25) is 19.1 Å². The van der Waals surface area contributed by atoms with E-state index in [0.717, 1.165) is 59.1 Å². The molecule has 0 unspecified atom stereocenters. The number of rotatable bonds is 32. The minimum absolute atomic E-state index is 0.0114. The fourth-order valence-corrected chi connectivity index (χ4v) is 16.9. The van der Waals surface area contributed by atoms with Gasteiger partial charge in [-0.15, -0.1) is 11.6 Å². The van der Waals surface area contributed by atoms with Crippen LogP contribution in [0.1, 0.15) is 163 Å². The highest BCUT2D eigenvalue weighted by Gasteiger charge is 2.65. The van der Waals surface area contributed by atoms with Gasteiger partial charge in [-0.25, -0.2) is 0 Å². The summed E-state index contributed by atoms with van der Waals surface area (Å²) in [4.78, 5) is 44.6. The van der Waals surface area contributed by atoms with E-state index in [1.54, 1.807) is 13.8 Å². The van der Waals surface area contributed by atoms with Crippen LogP contribution in [0.25, 0.3) is 0 Å². The Morgan fingerprint density at radius 2 is 0.906 bits per heavy atom. The molecule has 6 fully saturated rings. The third kappa shape index (κ3) is 26.6. The second kappa shape index (κ2) is 48.9. The Morgan fingerprint density at radius 3 is 1.43 bits per heavy atom. The van der Waals surface area contributed by atoms with Gasteiger partial charge >= 0.3 is 23.9 Å². The molecule has 0 aromatic heterocycles. The molecule has 25 atom stereocenters. The summed E-state index contributed by atoms with van der Waals surface area (Å²) < 4.78 is 147. The minimum atomic E-state index is -2.45. The molecule has 0 radical (unpaired) electrons. The van der Waals surface area contributed by atoms with Gasteiger partial charge in [0.15, 0.2) is 55.9 Å². The fourth-order valence-electron chi connectivity index (χ4n) is 16.7. The van der Waals surface area contributed by atoms with Gasteiger partial charge in [-0.1, -0.05) is 278 Å². The maximum absolute atomic E-state index is 15.0. The van der Waals surface area contributed by atoms with Crippen molar-refractivity contribution < 1.29 is 119 Å². The number of aliphatic hydroxyl groups is 1. The first kappa shape index (κ1) is 95.3. The van der Waals surface area contributed by atoms with Gasteiger partial charge in [-0.2, -0.15) is 0 Å². The number of carbonyl (C=O) groups excluding carboxylic acids is 3. The summed E-state index contributed by atoms with van der Waals surface area (Å²) in [6.07, 6.45) is -15.4. The number of hydrogen-bond acceptors (Lipinski definition) is 25. The summed E-state index contributed by atoms with van der Waals surface area (Å²) in [5, 5.41) is 13.8. The standard InChI is InChI=1S/C101H125ClO25/c1-6-9-22-53-76-54-37-13-11-10-12-14-38-55-81(103)120-91-88(111-60-73-47-31-19-32-48-73)83(109-58-71-43-27-17-28-44-71)77(62-107-56-69-39-23-15-24-40-69)117-98(91)114-65-80-86(121-94(105)67(4)7-2)90(122-95(106)68(5)8-3)93-100(119-80)127-101(66-102,126-93)125-87-82(104)97(116-79-64-113-96(123-85(79)87)75-51-35-21-36-52-75)124-92-89(112-61-74-49-33-20-34-50-74)84(110-59-72-45-29-18-30-46-72)78(118-99(92)115-76)63-108-57-70-41-25-16-26-42-70/h10-11,15-21,23-36,39-52,67-68,76-80,82-93,96-100,104H,6-9,12-14,22,37-38,53-66H2,1-5H3/b11-10+/t67-,68-,76+,77+,78+,79+,80+,82+,83+,84+,85+,86-,87+,88-,89-,90-,91+,92+,93+,96+,97-,98+,99+,100+,101-/m0/s1. The quantitative estimate of drug-likeness (QED) is 0.0135. The average Bonchev–Trinajstić information content (AvgIpc) is 1.71. The van der Waals surface area contributed by atoms with Crippen molar-refractivity contribution in [3.05, 3.63) is 263 Å². The van der Waals surface area contributed by atoms with Crippen LogP contribution in [0.5, 0.6) is 0 Å². The molecule has 7 heterocycles. The molecule has 0 saturated carbocycles. The third-order valence-electron chi connectivity index (χ3n) is 24.2. The lowest BCUT2D eigenvalue weighted by molar-refractivity contribution is -0.431. The molecule has 127 heavy (non-hydrogen) atoms. The van der Waals surface area contributed by atoms with E-state index in [2.05, 4.69) is 19.1 Å². The van der Waals surface area contributed by atoms with Crippen molar-refractivity contribution in [2.45, 2.75) is 299 Å². The van der Waals surface area contributed by atoms with Gasteiger partial charge in [-0.05, 0) is 91.2 Å². The molecule has 6 saturated heterocycles. The number of alkyl halides is 1. The average molecular weight is 1770 g/mol. The number of unbranched alkanes of at least 4 members (excludes halogenated alkanes) is 2. The lowest BCUT2D eigenvalue weighted by Gasteiger charge is -2.51. The Morgan fingerprint density at radius 1 is 0.441 bits per heavy atom. The van der Waals surface area contributed by atoms with Crippen molar-refractivity contribution in [3.8, 4) is 0 Å². The zero-order valence-electron chi connectivity index (χ0n) is 73.3. The molecule has 5 bridgehead atoms. The van der Waals surface area contributed by atoms with Crippen molar-refractivity contribution in [3.63, 3.8) is 0 Å². The largest absolute Gasteiger partial charge is 0.455 e. The van der Waals surface area contributed by atoms with E-state index in [-0.39, 0.29) is 65.9 Å². The Bertz CT molecular complexity index is 4380. The lowest BCUT2D eigenvalue weighted by atomic mass is 9.95. The summed E-state index contributed by atoms with van der Waals surface area (Å²) in [6, 6.07) is 67.8. The van der Waals surface area contributed by atoms with E-state index in [4.69, 9.17) is 111 Å². The van der Waals surface area contributed by atoms with Crippen LogP contribution in [0, 0.1) is 11.8 Å². The summed E-state index contributed by atoms with van der Waals surface area (Å²) in [7, 11) is 0. The number of halogens is 1. The number of aliphatic hydroxyl groups excluding tert-OH is 1. The van der Waals surface area contributed by atoms with E-state index < -0.39 is 183 Å². The first-order chi connectivity index (χ1) is 62.2. The van der Waals surface area contributed by atoms with Gasteiger partial charge in [0.1, 0.15) is 79.1 Å². The van der Waals surface area contributed by atoms with Crippen LogP contribution >= 0.6 is 11.6 Å². The molecule has 1 N–H and O–H groups in total. The third-order valence-corrected chi connectivity index (χ3v) is 24.5. The van der Waals surface area contributed by atoms with Gasteiger partial charge in [0.2, 0.25) is 0 Å². The number of ether oxygens (including phenoxy) is 21. The van der Waals surface area contributed by atoms with Crippen molar-refractivity contribution in [1.29, 1.82) is 0 Å². The highest BCUT2D eigenvalue weighted by molar-refractivity contribution is 6.18. The first-order valence-corrected chi connectivity index (χ1v) is 46.0. The number of allylic oxidation sites excluding steroid dienone is 2. The molecule has 7 aliphatic heterocycles. The van der Waals surface area contributed by atoms with Crippen LogP contribution in [0.2, 0.25) is 0 Å². The van der Waals surface area contributed by atoms with Crippen LogP contribution in [0.15, 0.2) is 224 Å². The Labute approximate surface area is 751 Å². The normalized spacial score (nSPS) is 31.8. The summed E-state index contributed by atoms with van der Waals surface area (Å²) >= 11 is 7.33. The van der Waals surface area contributed by atoms with Crippen LogP contribution in [0.3, 0.4) is 0 Å². The Balaban J connectivity index is 0.864. The maximum Gasteiger partial charge on any atom is 0.309 e. The van der Waals surface area contributed by atoms with Crippen molar-refractivity contribution in [2.75, 3.05) is 32.3 Å². The Hall–Kier alpha value is -7.78. The van der Waals surface area contributed by atoms with E-state index in [9.17, 15) is 19.5 Å². The van der Waals surface area contributed by atoms with Gasteiger partial charge in [0.05, 0.1) is 84.0 Å². The number of hydrogen-bond donors (Lipinski definition) is 1. The fraction of sp³-hybridized carbons (Fsp3) is 0.535. The molecule has 7 aliphatic rings. The molecular weight excluding hydrogens is 1650 g/mol. The zero-order chi connectivity index (χ0) is 88.1. The molecule has 7 aromatic rings. The van der Waals surface area contributed by atoms with Gasteiger partial charge in [0.25, 0.3) is 0 Å². The molecule has 25 nitrogen and oxygen atoms in total. The first-order valence-electron chi connectivity index (χ1n) is 45.5. The number of fused-ring (bicyclic) bond motifs is 8. The van der Waals surface area contributed by atoms with Crippen molar-refractivity contribution in [1.82, 2.24) is 0 Å². The zero-order valence-corrected chi connectivity index (χ0v) is 74.1. The molecule has 0 amide bonds. The maximum atomic E-state index is 15.0. The van der Waals surface area contributed by atoms with Crippen LogP contribution in [-0.2, 0) is 153 Å². The predicted octanol–water partition coefficient (Wildman–Crippen LogP) is 16.3. The number of benzene rings is 7. The van der Waals surface area contributed by atoms with E-state index in [0.29, 0.717) is 56.9 Å². The topological polar surface area (TPSA) is 265 Å². The molecule has 26 heteroatoms. The molecule has 14 rings (SSSR count). The highest BCUT2D eigenvalue weighted by atomic mass is 35.5. The summed E-state index contributed by atoms with van der Waals surface area (Å²) in [5.41, 5.74) is 5.92. The van der Waals surface area contributed by atoms with Crippen molar-refractivity contribution in [2.24, 2.45) is 11.8 Å². The molecule has 0 spiro atoms. The molecular formula is C101H125ClO25. The smallest absolute Gasteiger partial charge is 0.309 e. The van der Waals surface area contributed by atoms with Crippen LogP contribution < -0.4 is 0 Å². The van der Waals surface area contributed by atoms with Crippen LogP contribution in [-0.4, -0.2) is 190 Å². The molecule has 0 aliphatic carbocycles. The summed E-state index contributed by atoms with van der Waals surface area (Å²) in [6.45, 7) is 9.43. The monoisotopic (exact) mass is 1770 g/mol. The minimum Gasteiger partial charge on any atom is -0.455 e.